The van der Waals surface area contributed by atoms with Crippen molar-refractivity contribution in [2.75, 3.05) is 0 Å². The summed E-state index contributed by atoms with van der Waals surface area (Å²) < 4.78 is 0. The van der Waals surface area contributed by atoms with E-state index in [0.717, 1.165) is 0 Å². The van der Waals surface area contributed by atoms with Gasteiger partial charge in [0.1, 0.15) is 6.23 Å². The van der Waals surface area contributed by atoms with Crippen molar-refractivity contribution < 1.29 is 44.6 Å². The molecule has 0 amide bonds. The number of rotatable bonds is 1. The van der Waals surface area contributed by atoms with E-state index in [2.05, 4.69) is 5.73 Å². The molecule has 0 saturated heterocycles. The van der Waals surface area contributed by atoms with Crippen LogP contribution in [0.4, 0.5) is 0 Å². The van der Waals surface area contributed by atoms with Crippen LogP contribution in [0.15, 0.2) is 0 Å². The zero-order valence-electron chi connectivity index (χ0n) is 3.92. The number of aliphatic hydroxyl groups is 1. The predicted molar refractivity (Wildman–Crippen MR) is 15.2 cm³/mol. The molecule has 0 aliphatic heterocycles. The van der Waals surface area contributed by atoms with Crippen molar-refractivity contribution >= 4 is 5.97 Å². The van der Waals surface area contributed by atoms with Crippen molar-refractivity contribution in [3.63, 3.8) is 0 Å². The van der Waals surface area contributed by atoms with Crippen LogP contribution in [0.25, 0.3) is 0 Å². The number of nitrogens with two attached hydrogens (primary N) is 1. The summed E-state index contributed by atoms with van der Waals surface area (Å²) >= 11 is 0. The van der Waals surface area contributed by atoms with E-state index in [1.807, 2.05) is 0 Å². The molecular formula is C2H4NNaO3. The van der Waals surface area contributed by atoms with Crippen molar-refractivity contribution in [2.45, 2.75) is 6.23 Å². The van der Waals surface area contributed by atoms with Crippen LogP contribution in [0.5, 0.6) is 0 Å². The first-order valence-electron chi connectivity index (χ1n) is 1.29. The molecule has 0 aromatic rings. The monoisotopic (exact) mass is 113 g/mol. The quantitative estimate of drug-likeness (QED) is 0.262. The van der Waals surface area contributed by atoms with E-state index >= 15 is 0 Å². The van der Waals surface area contributed by atoms with Gasteiger partial charge < -0.3 is 20.7 Å². The second-order valence-corrected chi connectivity index (χ2v) is 0.764. The van der Waals surface area contributed by atoms with E-state index in [9.17, 15) is 9.90 Å². The van der Waals surface area contributed by atoms with Gasteiger partial charge in [0.05, 0.1) is 5.97 Å². The van der Waals surface area contributed by atoms with Gasteiger partial charge in [-0.25, -0.2) is 0 Å². The average molecular weight is 113 g/mol. The molecule has 3 N–H and O–H groups in total. The van der Waals surface area contributed by atoms with Gasteiger partial charge in [0, 0.05) is 0 Å². The Morgan fingerprint density at radius 3 is 2.00 bits per heavy atom. The molecule has 0 rings (SSSR count). The Kier molecular flexibility index (Phi) is 6.75. The maximum atomic E-state index is 9.21. The number of hydrogen-bond donors (Lipinski definition) is 2. The van der Waals surface area contributed by atoms with Crippen molar-refractivity contribution in [2.24, 2.45) is 5.73 Å². The van der Waals surface area contributed by atoms with Gasteiger partial charge in [-0.3, -0.25) is 0 Å². The number of hydrogen-bond acceptors (Lipinski definition) is 4. The molecule has 0 saturated carbocycles. The average Bonchev–Trinajstić information content (AvgIpc) is 1.36. The maximum Gasteiger partial charge on any atom is 1.00 e. The summed E-state index contributed by atoms with van der Waals surface area (Å²) in [4.78, 5) is 9.21. The molecule has 7 heavy (non-hydrogen) atoms. The zero-order valence-corrected chi connectivity index (χ0v) is 5.92. The smallest absolute Gasteiger partial charge is 0.546 e. The molecule has 1 atom stereocenters. The first-order valence-corrected chi connectivity index (χ1v) is 1.29. The molecule has 1 unspecified atom stereocenters. The molecule has 0 aliphatic carbocycles. The Labute approximate surface area is 62.6 Å². The standard InChI is InChI=1S/C2H5NO3.Na/c3-1(4)2(5)6;/h1,4H,3H2,(H,5,6);/q;+1/p-1. The van der Waals surface area contributed by atoms with E-state index in [0.29, 0.717) is 0 Å². The fourth-order valence-electron chi connectivity index (χ4n) is 0. The predicted octanol–water partition coefficient (Wildman–Crippen LogP) is -5.98. The Balaban J connectivity index is 0. The molecular weight excluding hydrogens is 109 g/mol. The number of aliphatic carboxylic acids is 1. The van der Waals surface area contributed by atoms with Gasteiger partial charge >= 0.3 is 29.6 Å². The number of carbonyl (C=O) groups is 1. The zero-order chi connectivity index (χ0) is 5.15. The molecule has 0 radical (unpaired) electrons. The fourth-order valence-corrected chi connectivity index (χ4v) is 0. The largest absolute Gasteiger partial charge is 1.00 e. The van der Waals surface area contributed by atoms with Crippen LogP contribution >= 0.6 is 0 Å². The van der Waals surface area contributed by atoms with E-state index in [-0.39, 0.29) is 29.6 Å². The minimum absolute atomic E-state index is 0. The van der Waals surface area contributed by atoms with Crippen LogP contribution < -0.4 is 40.4 Å². The first-order chi connectivity index (χ1) is 2.64. The van der Waals surface area contributed by atoms with Crippen molar-refractivity contribution in [3.05, 3.63) is 0 Å². The molecule has 4 nitrogen and oxygen atoms in total. The molecule has 0 aliphatic rings. The molecule has 0 spiro atoms. The number of aliphatic hydroxyl groups excluding tert-OH is 1. The first kappa shape index (κ1) is 10.4. The molecule has 0 bridgehead atoms. The number of carboxylic acid groups (broad SMARTS) is 1. The van der Waals surface area contributed by atoms with Crippen LogP contribution in [0, 0.1) is 0 Å². The summed E-state index contributed by atoms with van der Waals surface area (Å²) in [5, 5.41) is 17.0. The van der Waals surface area contributed by atoms with Crippen LogP contribution in [-0.2, 0) is 4.79 Å². The third-order valence-electron chi connectivity index (χ3n) is 0.241. The number of carbonyl (C=O) groups excluding carboxylic acids is 1. The summed E-state index contributed by atoms with van der Waals surface area (Å²) in [5.74, 6) is -1.66. The Morgan fingerprint density at radius 2 is 2.00 bits per heavy atom. The number of carboxylic acids is 1. The Bertz CT molecular complexity index is 64.0. The molecule has 0 aromatic heterocycles. The van der Waals surface area contributed by atoms with Gasteiger partial charge in [0.2, 0.25) is 0 Å². The molecule has 0 aromatic carbocycles. The van der Waals surface area contributed by atoms with Gasteiger partial charge in [0.15, 0.2) is 0 Å². The van der Waals surface area contributed by atoms with E-state index in [1.54, 1.807) is 0 Å². The van der Waals surface area contributed by atoms with E-state index in [1.165, 1.54) is 0 Å². The molecule has 0 heterocycles. The summed E-state index contributed by atoms with van der Waals surface area (Å²) in [6.07, 6.45) is -1.84. The summed E-state index contributed by atoms with van der Waals surface area (Å²) in [7, 11) is 0. The summed E-state index contributed by atoms with van der Waals surface area (Å²) in [6, 6.07) is 0. The Morgan fingerprint density at radius 1 is 1.86 bits per heavy atom. The molecule has 0 fully saturated rings. The second-order valence-electron chi connectivity index (χ2n) is 0.764. The van der Waals surface area contributed by atoms with E-state index in [4.69, 9.17) is 5.11 Å². The van der Waals surface area contributed by atoms with E-state index < -0.39 is 12.2 Å². The van der Waals surface area contributed by atoms with Crippen molar-refractivity contribution in [3.8, 4) is 0 Å². The third-order valence-corrected chi connectivity index (χ3v) is 0.241. The molecule has 5 heteroatoms. The van der Waals surface area contributed by atoms with Crippen molar-refractivity contribution in [1.82, 2.24) is 0 Å². The minimum Gasteiger partial charge on any atom is -0.546 e. The second kappa shape index (κ2) is 4.55. The minimum atomic E-state index is -1.84. The van der Waals surface area contributed by atoms with Gasteiger partial charge in [-0.05, 0) is 0 Å². The van der Waals surface area contributed by atoms with Gasteiger partial charge in [-0.1, -0.05) is 0 Å². The van der Waals surface area contributed by atoms with Crippen LogP contribution in [-0.4, -0.2) is 17.3 Å². The topological polar surface area (TPSA) is 86.4 Å². The summed E-state index contributed by atoms with van der Waals surface area (Å²) in [5.41, 5.74) is 4.33. The SMILES string of the molecule is NC(O)C(=O)[O-].[Na+]. The van der Waals surface area contributed by atoms with Crippen LogP contribution in [0.1, 0.15) is 0 Å². The third kappa shape index (κ3) is 6.39. The fraction of sp³-hybridized carbons (Fsp3) is 0.500. The van der Waals surface area contributed by atoms with Gasteiger partial charge in [-0.15, -0.1) is 0 Å². The summed E-state index contributed by atoms with van der Waals surface area (Å²) in [6.45, 7) is 0. The normalized spacial score (nSPS) is 11.7. The van der Waals surface area contributed by atoms with Crippen LogP contribution in [0.3, 0.4) is 0 Å². The van der Waals surface area contributed by atoms with Crippen LogP contribution in [0.2, 0.25) is 0 Å². The van der Waals surface area contributed by atoms with Crippen molar-refractivity contribution in [1.29, 1.82) is 0 Å². The van der Waals surface area contributed by atoms with Gasteiger partial charge in [-0.2, -0.15) is 0 Å². The maximum absolute atomic E-state index is 9.21. The Hall–Kier alpha value is 0.390. The van der Waals surface area contributed by atoms with Gasteiger partial charge in [0.25, 0.3) is 0 Å². The molecule has 36 valence electrons.